The van der Waals surface area contributed by atoms with Crippen LogP contribution in [0.2, 0.25) is 0 Å². The molecule has 17 heavy (non-hydrogen) atoms. The van der Waals surface area contributed by atoms with E-state index in [1.54, 1.807) is 6.92 Å². The SMILES string of the molecule is CC(CCO)NCc1ncccc1C(F)(F)F. The van der Waals surface area contributed by atoms with E-state index >= 15 is 0 Å². The van der Waals surface area contributed by atoms with E-state index in [0.29, 0.717) is 6.42 Å². The number of hydrogen-bond donors (Lipinski definition) is 2. The van der Waals surface area contributed by atoms with Gasteiger partial charge in [0.15, 0.2) is 0 Å². The van der Waals surface area contributed by atoms with Crippen molar-refractivity contribution in [1.29, 1.82) is 0 Å². The second-order valence-electron chi connectivity index (χ2n) is 3.79. The van der Waals surface area contributed by atoms with Crippen LogP contribution in [0.1, 0.15) is 24.6 Å². The highest BCUT2D eigenvalue weighted by Gasteiger charge is 2.33. The number of aliphatic hydroxyl groups excluding tert-OH is 1. The molecule has 3 nitrogen and oxygen atoms in total. The molecule has 0 radical (unpaired) electrons. The van der Waals surface area contributed by atoms with Crippen molar-refractivity contribution in [3.63, 3.8) is 0 Å². The highest BCUT2D eigenvalue weighted by atomic mass is 19.4. The van der Waals surface area contributed by atoms with Crippen LogP contribution in [-0.2, 0) is 12.7 Å². The molecule has 1 aromatic heterocycles. The number of pyridine rings is 1. The van der Waals surface area contributed by atoms with Gasteiger partial charge in [-0.25, -0.2) is 0 Å². The average Bonchev–Trinajstić information content (AvgIpc) is 2.26. The predicted molar refractivity (Wildman–Crippen MR) is 57.2 cm³/mol. The minimum Gasteiger partial charge on any atom is -0.396 e. The summed E-state index contributed by atoms with van der Waals surface area (Å²) in [6.07, 6.45) is -2.55. The molecule has 0 fully saturated rings. The molecule has 96 valence electrons. The quantitative estimate of drug-likeness (QED) is 0.837. The summed E-state index contributed by atoms with van der Waals surface area (Å²) in [6.45, 7) is 1.84. The summed E-state index contributed by atoms with van der Waals surface area (Å²) in [5, 5.41) is 11.6. The van der Waals surface area contributed by atoms with Gasteiger partial charge in [0.25, 0.3) is 0 Å². The Labute approximate surface area is 97.7 Å². The van der Waals surface area contributed by atoms with Crippen molar-refractivity contribution >= 4 is 0 Å². The van der Waals surface area contributed by atoms with Gasteiger partial charge in [0.1, 0.15) is 0 Å². The standard InChI is InChI=1S/C11H15F3N2O/c1-8(4-6-17)16-7-10-9(11(12,13)14)3-2-5-15-10/h2-3,5,8,16-17H,4,6-7H2,1H3. The van der Waals surface area contributed by atoms with E-state index in [1.165, 1.54) is 12.3 Å². The maximum absolute atomic E-state index is 12.6. The van der Waals surface area contributed by atoms with Gasteiger partial charge in [0.2, 0.25) is 0 Å². The molecular weight excluding hydrogens is 233 g/mol. The third-order valence-corrected chi connectivity index (χ3v) is 2.38. The Morgan fingerprint density at radius 3 is 2.76 bits per heavy atom. The summed E-state index contributed by atoms with van der Waals surface area (Å²) < 4.78 is 37.8. The summed E-state index contributed by atoms with van der Waals surface area (Å²) >= 11 is 0. The van der Waals surface area contributed by atoms with Gasteiger partial charge in [0.05, 0.1) is 11.3 Å². The molecule has 1 rings (SSSR count). The maximum atomic E-state index is 12.6. The van der Waals surface area contributed by atoms with Crippen LogP contribution in [0.3, 0.4) is 0 Å². The molecule has 1 aromatic rings. The van der Waals surface area contributed by atoms with E-state index in [2.05, 4.69) is 10.3 Å². The molecule has 1 heterocycles. The Balaban J connectivity index is 2.71. The molecule has 2 N–H and O–H groups in total. The van der Waals surface area contributed by atoms with Crippen molar-refractivity contribution in [2.75, 3.05) is 6.61 Å². The molecular formula is C11H15F3N2O. The molecule has 1 unspecified atom stereocenters. The number of hydrogen-bond acceptors (Lipinski definition) is 3. The van der Waals surface area contributed by atoms with Crippen LogP contribution in [0.15, 0.2) is 18.3 Å². The Morgan fingerprint density at radius 2 is 2.18 bits per heavy atom. The molecule has 0 spiro atoms. The minimum absolute atomic E-state index is 0.00249. The van der Waals surface area contributed by atoms with Crippen molar-refractivity contribution in [1.82, 2.24) is 10.3 Å². The van der Waals surface area contributed by atoms with Crippen LogP contribution in [0.5, 0.6) is 0 Å². The van der Waals surface area contributed by atoms with Crippen LogP contribution < -0.4 is 5.32 Å². The number of rotatable bonds is 5. The number of nitrogens with zero attached hydrogens (tertiary/aromatic N) is 1. The average molecular weight is 248 g/mol. The van der Waals surface area contributed by atoms with Crippen LogP contribution >= 0.6 is 0 Å². The fourth-order valence-corrected chi connectivity index (χ4v) is 1.40. The van der Waals surface area contributed by atoms with Gasteiger partial charge in [-0.15, -0.1) is 0 Å². The van der Waals surface area contributed by atoms with Crippen molar-refractivity contribution in [2.24, 2.45) is 0 Å². The summed E-state index contributed by atoms with van der Waals surface area (Å²) in [7, 11) is 0. The molecule has 0 aliphatic heterocycles. The molecule has 0 aliphatic carbocycles. The number of aromatic nitrogens is 1. The van der Waals surface area contributed by atoms with Crippen LogP contribution in [0.4, 0.5) is 13.2 Å². The zero-order valence-electron chi connectivity index (χ0n) is 9.46. The van der Waals surface area contributed by atoms with Crippen molar-refractivity contribution in [3.8, 4) is 0 Å². The molecule has 6 heteroatoms. The fraction of sp³-hybridized carbons (Fsp3) is 0.545. The lowest BCUT2D eigenvalue weighted by Gasteiger charge is -2.15. The summed E-state index contributed by atoms with van der Waals surface area (Å²) in [5.74, 6) is 0. The first-order chi connectivity index (χ1) is 7.95. The van der Waals surface area contributed by atoms with Gasteiger partial charge in [-0.1, -0.05) is 0 Å². The molecule has 0 aliphatic rings. The van der Waals surface area contributed by atoms with Gasteiger partial charge < -0.3 is 10.4 Å². The lowest BCUT2D eigenvalue weighted by Crippen LogP contribution is -2.28. The highest BCUT2D eigenvalue weighted by molar-refractivity contribution is 5.22. The van der Waals surface area contributed by atoms with E-state index in [-0.39, 0.29) is 24.9 Å². The van der Waals surface area contributed by atoms with E-state index < -0.39 is 11.7 Å². The van der Waals surface area contributed by atoms with E-state index in [9.17, 15) is 13.2 Å². The molecule has 0 aromatic carbocycles. The summed E-state index contributed by atoms with van der Waals surface area (Å²) in [6, 6.07) is 2.23. The first-order valence-electron chi connectivity index (χ1n) is 5.30. The van der Waals surface area contributed by atoms with Gasteiger partial charge in [0, 0.05) is 25.4 Å². The van der Waals surface area contributed by atoms with Gasteiger partial charge in [-0.2, -0.15) is 13.2 Å². The zero-order valence-corrected chi connectivity index (χ0v) is 9.46. The molecule has 0 amide bonds. The topological polar surface area (TPSA) is 45.1 Å². The Kier molecular flexibility index (Phi) is 4.89. The lowest BCUT2D eigenvalue weighted by atomic mass is 10.1. The lowest BCUT2D eigenvalue weighted by molar-refractivity contribution is -0.138. The summed E-state index contributed by atoms with van der Waals surface area (Å²) in [5.41, 5.74) is -0.742. The predicted octanol–water partition coefficient (Wildman–Crippen LogP) is 1.96. The minimum atomic E-state index is -4.38. The van der Waals surface area contributed by atoms with E-state index in [0.717, 1.165) is 6.07 Å². The largest absolute Gasteiger partial charge is 0.418 e. The van der Waals surface area contributed by atoms with Crippen LogP contribution in [0.25, 0.3) is 0 Å². The second-order valence-corrected chi connectivity index (χ2v) is 3.79. The highest BCUT2D eigenvalue weighted by Crippen LogP contribution is 2.30. The monoisotopic (exact) mass is 248 g/mol. The number of halogens is 3. The Hall–Kier alpha value is -1.14. The first-order valence-corrected chi connectivity index (χ1v) is 5.30. The summed E-state index contributed by atoms with van der Waals surface area (Å²) in [4.78, 5) is 3.73. The maximum Gasteiger partial charge on any atom is 0.418 e. The normalized spacial score (nSPS) is 13.7. The fourth-order valence-electron chi connectivity index (χ4n) is 1.40. The van der Waals surface area contributed by atoms with Gasteiger partial charge >= 0.3 is 6.18 Å². The molecule has 0 bridgehead atoms. The molecule has 1 atom stereocenters. The first kappa shape index (κ1) is 13.9. The van der Waals surface area contributed by atoms with E-state index in [1.807, 2.05) is 0 Å². The second kappa shape index (κ2) is 5.97. The Bertz CT molecular complexity index is 355. The third-order valence-electron chi connectivity index (χ3n) is 2.38. The number of aliphatic hydroxyl groups is 1. The van der Waals surface area contributed by atoms with Crippen LogP contribution in [-0.4, -0.2) is 22.7 Å². The van der Waals surface area contributed by atoms with Crippen molar-refractivity contribution in [3.05, 3.63) is 29.6 Å². The molecule has 0 saturated carbocycles. The molecule has 0 saturated heterocycles. The number of alkyl halides is 3. The zero-order chi connectivity index (χ0) is 12.9. The van der Waals surface area contributed by atoms with Gasteiger partial charge in [-0.05, 0) is 25.5 Å². The van der Waals surface area contributed by atoms with Crippen molar-refractivity contribution < 1.29 is 18.3 Å². The smallest absolute Gasteiger partial charge is 0.396 e. The van der Waals surface area contributed by atoms with Crippen LogP contribution in [0, 0.1) is 0 Å². The Morgan fingerprint density at radius 1 is 1.47 bits per heavy atom. The van der Waals surface area contributed by atoms with Gasteiger partial charge in [-0.3, -0.25) is 4.98 Å². The third kappa shape index (κ3) is 4.32. The van der Waals surface area contributed by atoms with E-state index in [4.69, 9.17) is 5.11 Å². The van der Waals surface area contributed by atoms with Crippen molar-refractivity contribution in [2.45, 2.75) is 32.1 Å². The number of nitrogens with one attached hydrogen (secondary N) is 1.